The Morgan fingerprint density at radius 3 is 2.68 bits per heavy atom. The lowest BCUT2D eigenvalue weighted by molar-refractivity contribution is 0.332. The number of nitrogens with zero attached hydrogens (tertiary/aromatic N) is 1. The van der Waals surface area contributed by atoms with Gasteiger partial charge in [0.05, 0.1) is 6.54 Å². The zero-order chi connectivity index (χ0) is 13.7. The lowest BCUT2D eigenvalue weighted by atomic mass is 10.3. The SMILES string of the molecule is Nc1ccc(OCCNc2n[nH]c(=O)[nH]c2=O)cc1. The van der Waals surface area contributed by atoms with Gasteiger partial charge in [-0.15, -0.1) is 5.10 Å². The average molecular weight is 263 g/mol. The molecule has 0 fully saturated rings. The quantitative estimate of drug-likeness (QED) is 0.427. The first-order chi connectivity index (χ1) is 9.15. The van der Waals surface area contributed by atoms with Crippen molar-refractivity contribution in [1.82, 2.24) is 15.2 Å². The van der Waals surface area contributed by atoms with Crippen molar-refractivity contribution in [2.45, 2.75) is 0 Å². The molecule has 1 aromatic carbocycles. The first kappa shape index (κ1) is 12.7. The Balaban J connectivity index is 1.82. The first-order valence-corrected chi connectivity index (χ1v) is 5.56. The number of H-pyrrole nitrogens is 2. The Hall–Kier alpha value is -2.77. The van der Waals surface area contributed by atoms with Crippen molar-refractivity contribution in [2.24, 2.45) is 0 Å². The molecule has 0 saturated carbocycles. The summed E-state index contributed by atoms with van der Waals surface area (Å²) < 4.78 is 5.42. The van der Waals surface area contributed by atoms with Crippen molar-refractivity contribution in [3.8, 4) is 5.75 Å². The molecule has 19 heavy (non-hydrogen) atoms. The van der Waals surface area contributed by atoms with E-state index in [4.69, 9.17) is 10.5 Å². The maximum absolute atomic E-state index is 11.3. The van der Waals surface area contributed by atoms with Gasteiger partial charge in [0.15, 0.2) is 0 Å². The number of aromatic nitrogens is 3. The van der Waals surface area contributed by atoms with Gasteiger partial charge in [-0.25, -0.2) is 9.89 Å². The highest BCUT2D eigenvalue weighted by Crippen LogP contribution is 2.12. The number of nitrogens with one attached hydrogen (secondary N) is 3. The maximum Gasteiger partial charge on any atom is 0.342 e. The second-order valence-electron chi connectivity index (χ2n) is 3.70. The molecule has 0 bridgehead atoms. The summed E-state index contributed by atoms with van der Waals surface area (Å²) in [6.45, 7) is 0.705. The number of nitrogens with two attached hydrogens (primary N) is 1. The van der Waals surface area contributed by atoms with Gasteiger partial charge < -0.3 is 15.8 Å². The molecule has 2 aromatic rings. The summed E-state index contributed by atoms with van der Waals surface area (Å²) in [4.78, 5) is 24.1. The van der Waals surface area contributed by atoms with E-state index in [1.54, 1.807) is 24.3 Å². The minimum Gasteiger partial charge on any atom is -0.492 e. The normalized spacial score (nSPS) is 10.1. The van der Waals surface area contributed by atoms with Crippen molar-refractivity contribution < 1.29 is 4.74 Å². The molecule has 0 aliphatic rings. The number of ether oxygens (including phenoxy) is 1. The van der Waals surface area contributed by atoms with Crippen molar-refractivity contribution in [3.63, 3.8) is 0 Å². The molecule has 2 rings (SSSR count). The fourth-order valence-corrected chi connectivity index (χ4v) is 1.37. The van der Waals surface area contributed by atoms with Crippen LogP contribution < -0.4 is 27.0 Å². The molecule has 5 N–H and O–H groups in total. The van der Waals surface area contributed by atoms with Crippen molar-refractivity contribution in [1.29, 1.82) is 0 Å². The summed E-state index contributed by atoms with van der Waals surface area (Å²) in [5.74, 6) is 0.722. The zero-order valence-electron chi connectivity index (χ0n) is 9.97. The lowest BCUT2D eigenvalue weighted by Gasteiger charge is -2.07. The molecule has 0 unspecified atom stereocenters. The van der Waals surface area contributed by atoms with Crippen LogP contribution in [0.1, 0.15) is 0 Å². The van der Waals surface area contributed by atoms with Gasteiger partial charge in [-0.05, 0) is 24.3 Å². The highest BCUT2D eigenvalue weighted by Gasteiger charge is 2.00. The Bertz CT molecular complexity index is 646. The van der Waals surface area contributed by atoms with E-state index >= 15 is 0 Å². The molecule has 0 atom stereocenters. The second kappa shape index (κ2) is 5.71. The van der Waals surface area contributed by atoms with Crippen LogP contribution in [0.15, 0.2) is 33.9 Å². The van der Waals surface area contributed by atoms with Gasteiger partial charge in [0, 0.05) is 5.69 Å². The molecule has 8 heteroatoms. The molecule has 100 valence electrons. The monoisotopic (exact) mass is 263 g/mol. The topological polar surface area (TPSA) is 126 Å². The molecule has 0 aliphatic heterocycles. The van der Waals surface area contributed by atoms with Crippen LogP contribution in [0, 0.1) is 0 Å². The number of aromatic amines is 2. The van der Waals surface area contributed by atoms with Crippen LogP contribution in [0.25, 0.3) is 0 Å². The van der Waals surface area contributed by atoms with E-state index < -0.39 is 11.2 Å². The fourth-order valence-electron chi connectivity index (χ4n) is 1.37. The summed E-state index contributed by atoms with van der Waals surface area (Å²) >= 11 is 0. The predicted octanol–water partition coefficient (Wildman–Crippen LogP) is -0.469. The van der Waals surface area contributed by atoms with E-state index in [1.165, 1.54) is 0 Å². The van der Waals surface area contributed by atoms with Crippen LogP contribution in [0.3, 0.4) is 0 Å². The van der Waals surface area contributed by atoms with Gasteiger partial charge in [0.2, 0.25) is 5.82 Å². The van der Waals surface area contributed by atoms with Gasteiger partial charge in [0.1, 0.15) is 12.4 Å². The van der Waals surface area contributed by atoms with Gasteiger partial charge in [0.25, 0.3) is 5.56 Å². The van der Waals surface area contributed by atoms with Gasteiger partial charge >= 0.3 is 5.69 Å². The van der Waals surface area contributed by atoms with E-state index in [9.17, 15) is 9.59 Å². The van der Waals surface area contributed by atoms with Crippen LogP contribution in [0.2, 0.25) is 0 Å². The molecular weight excluding hydrogens is 250 g/mol. The Morgan fingerprint density at radius 2 is 2.00 bits per heavy atom. The minimum absolute atomic E-state index is 0.0421. The van der Waals surface area contributed by atoms with E-state index in [0.29, 0.717) is 24.6 Å². The molecule has 0 spiro atoms. The standard InChI is InChI=1S/C11H13N5O3/c12-7-1-3-8(4-2-7)19-6-5-13-9-10(17)14-11(18)16-15-9/h1-4H,5-6,12H2,(H,13,15)(H2,14,16,17,18). The predicted molar refractivity (Wildman–Crippen MR) is 70.3 cm³/mol. The molecular formula is C11H13N5O3. The third-order valence-corrected chi connectivity index (χ3v) is 2.25. The minimum atomic E-state index is -0.645. The molecule has 0 saturated heterocycles. The number of nitrogen functional groups attached to an aromatic ring is 1. The molecule has 1 aromatic heterocycles. The third kappa shape index (κ3) is 3.60. The van der Waals surface area contributed by atoms with Crippen molar-refractivity contribution >= 4 is 11.5 Å². The Labute approximate surface area is 107 Å². The Kier molecular flexibility index (Phi) is 3.81. The summed E-state index contributed by atoms with van der Waals surface area (Å²) in [5, 5.41) is 8.44. The largest absolute Gasteiger partial charge is 0.492 e. The van der Waals surface area contributed by atoms with Crippen LogP contribution in [-0.4, -0.2) is 28.3 Å². The van der Waals surface area contributed by atoms with E-state index in [2.05, 4.69) is 20.5 Å². The van der Waals surface area contributed by atoms with Crippen molar-refractivity contribution in [2.75, 3.05) is 24.2 Å². The molecule has 0 aliphatic carbocycles. The van der Waals surface area contributed by atoms with Crippen molar-refractivity contribution in [3.05, 3.63) is 45.1 Å². The maximum atomic E-state index is 11.3. The van der Waals surface area contributed by atoms with Crippen LogP contribution in [0.4, 0.5) is 11.5 Å². The smallest absolute Gasteiger partial charge is 0.342 e. The molecule has 8 nitrogen and oxygen atoms in total. The van der Waals surface area contributed by atoms with Gasteiger partial charge in [-0.1, -0.05) is 0 Å². The summed E-state index contributed by atoms with van der Waals surface area (Å²) in [6, 6.07) is 6.97. The molecule has 1 heterocycles. The lowest BCUT2D eigenvalue weighted by Crippen LogP contribution is -2.28. The molecule has 0 amide bonds. The highest BCUT2D eigenvalue weighted by atomic mass is 16.5. The number of hydrogen-bond donors (Lipinski definition) is 4. The Morgan fingerprint density at radius 1 is 1.26 bits per heavy atom. The van der Waals surface area contributed by atoms with Crippen LogP contribution in [-0.2, 0) is 0 Å². The third-order valence-electron chi connectivity index (χ3n) is 2.25. The van der Waals surface area contributed by atoms with Crippen LogP contribution in [0.5, 0.6) is 5.75 Å². The number of hydrogen-bond acceptors (Lipinski definition) is 6. The highest BCUT2D eigenvalue weighted by molar-refractivity contribution is 5.41. The van der Waals surface area contributed by atoms with E-state index in [0.717, 1.165) is 0 Å². The molecule has 0 radical (unpaired) electrons. The zero-order valence-corrected chi connectivity index (χ0v) is 9.97. The van der Waals surface area contributed by atoms with Crippen LogP contribution >= 0.6 is 0 Å². The number of anilines is 2. The van der Waals surface area contributed by atoms with E-state index in [1.807, 2.05) is 0 Å². The fraction of sp³-hybridized carbons (Fsp3) is 0.182. The first-order valence-electron chi connectivity index (χ1n) is 5.56. The number of benzene rings is 1. The van der Waals surface area contributed by atoms with Gasteiger partial charge in [-0.3, -0.25) is 9.78 Å². The summed E-state index contributed by atoms with van der Waals surface area (Å²) in [5.41, 5.74) is 4.99. The van der Waals surface area contributed by atoms with Gasteiger partial charge in [-0.2, -0.15) is 0 Å². The second-order valence-corrected chi connectivity index (χ2v) is 3.70. The average Bonchev–Trinajstić information content (AvgIpc) is 2.39. The summed E-state index contributed by atoms with van der Waals surface area (Å²) in [7, 11) is 0. The number of rotatable bonds is 5. The van der Waals surface area contributed by atoms with E-state index in [-0.39, 0.29) is 5.82 Å². The summed E-state index contributed by atoms with van der Waals surface area (Å²) in [6.07, 6.45) is 0.